The molecule has 2 N–H and O–H groups in total. The van der Waals surface area contributed by atoms with E-state index < -0.39 is 47.7 Å². The molecule has 1 aliphatic rings. The number of H-pyrrole nitrogens is 1. The second-order valence-electron chi connectivity index (χ2n) is 6.25. The summed E-state index contributed by atoms with van der Waals surface area (Å²) < 4.78 is 16.9. The highest BCUT2D eigenvalue weighted by molar-refractivity contribution is 5.89. The summed E-state index contributed by atoms with van der Waals surface area (Å²) in [7, 11) is 0. The number of hydrogen-bond acceptors (Lipinski definition) is 7. The van der Waals surface area contributed by atoms with Gasteiger partial charge < -0.3 is 19.3 Å². The molecule has 148 valence electrons. The summed E-state index contributed by atoms with van der Waals surface area (Å²) in [6.45, 7) is 1.49. The predicted octanol–water partition coefficient (Wildman–Crippen LogP) is 0.990. The second kappa shape index (κ2) is 8.09. The molecule has 2 aromatic rings. The Hall–Kier alpha value is -3.40. The summed E-state index contributed by atoms with van der Waals surface area (Å²) >= 11 is 0. The van der Waals surface area contributed by atoms with Crippen molar-refractivity contribution >= 4 is 12.1 Å². The van der Waals surface area contributed by atoms with E-state index in [9.17, 15) is 19.2 Å². The highest BCUT2D eigenvalue weighted by atomic mass is 16.7. The first-order valence-electron chi connectivity index (χ1n) is 8.45. The van der Waals surface area contributed by atoms with Gasteiger partial charge in [0.05, 0.1) is 5.56 Å². The molecule has 1 saturated heterocycles. The van der Waals surface area contributed by atoms with Crippen LogP contribution >= 0.6 is 0 Å². The Kier molecular flexibility index (Phi) is 5.59. The van der Waals surface area contributed by atoms with E-state index in [1.807, 2.05) is 0 Å². The van der Waals surface area contributed by atoms with Gasteiger partial charge in [0, 0.05) is 18.2 Å². The molecule has 10 heteroatoms. The van der Waals surface area contributed by atoms with E-state index in [2.05, 4.69) is 4.98 Å². The van der Waals surface area contributed by atoms with E-state index in [0.29, 0.717) is 5.56 Å². The SMILES string of the molecule is CC1C(COC(=O)c2ccccc2)OC(n2ccc(=O)[nH]c2=O)C1OC(=O)O. The van der Waals surface area contributed by atoms with E-state index in [0.717, 1.165) is 10.6 Å². The molecule has 1 aromatic carbocycles. The van der Waals surface area contributed by atoms with Crippen LogP contribution in [-0.2, 0) is 14.2 Å². The smallest absolute Gasteiger partial charge is 0.459 e. The van der Waals surface area contributed by atoms with Gasteiger partial charge in [0.25, 0.3) is 5.56 Å². The van der Waals surface area contributed by atoms with Crippen molar-refractivity contribution in [1.29, 1.82) is 0 Å². The van der Waals surface area contributed by atoms with Gasteiger partial charge in [0.15, 0.2) is 12.3 Å². The minimum atomic E-state index is -1.54. The van der Waals surface area contributed by atoms with Gasteiger partial charge in [0.2, 0.25) is 0 Å². The van der Waals surface area contributed by atoms with Crippen LogP contribution in [0.5, 0.6) is 0 Å². The fraction of sp³-hybridized carbons (Fsp3) is 0.333. The lowest BCUT2D eigenvalue weighted by Crippen LogP contribution is -2.37. The third-order valence-electron chi connectivity index (χ3n) is 4.45. The molecule has 0 radical (unpaired) electrons. The number of aromatic nitrogens is 2. The van der Waals surface area contributed by atoms with Gasteiger partial charge in [0.1, 0.15) is 12.7 Å². The fourth-order valence-corrected chi connectivity index (χ4v) is 2.99. The molecular formula is C18H18N2O8. The van der Waals surface area contributed by atoms with E-state index in [1.165, 1.54) is 6.20 Å². The fourth-order valence-electron chi connectivity index (χ4n) is 2.99. The Balaban J connectivity index is 1.78. The first kappa shape index (κ1) is 19.4. The average Bonchev–Trinajstić information content (AvgIpc) is 2.96. The highest BCUT2D eigenvalue weighted by Gasteiger charge is 2.46. The maximum Gasteiger partial charge on any atom is 0.506 e. The zero-order valence-electron chi connectivity index (χ0n) is 14.8. The molecule has 0 saturated carbocycles. The lowest BCUT2D eigenvalue weighted by Gasteiger charge is -2.20. The zero-order chi connectivity index (χ0) is 20.3. The molecule has 1 aliphatic heterocycles. The van der Waals surface area contributed by atoms with Crippen molar-refractivity contribution in [3.63, 3.8) is 0 Å². The standard InChI is InChI=1S/C18H18N2O8/c1-10-12(9-26-16(22)11-5-3-2-4-6-11)27-15(14(10)28-18(24)25)20-8-7-13(21)19-17(20)23/h2-8,10,12,14-15H,9H2,1H3,(H,24,25)(H,19,21,23). The molecule has 2 heterocycles. The molecule has 4 unspecified atom stereocenters. The highest BCUT2D eigenvalue weighted by Crippen LogP contribution is 2.35. The minimum absolute atomic E-state index is 0.164. The van der Waals surface area contributed by atoms with Gasteiger partial charge in [-0.2, -0.15) is 0 Å². The number of nitrogens with one attached hydrogen (secondary N) is 1. The summed E-state index contributed by atoms with van der Waals surface area (Å²) in [5.41, 5.74) is -1.01. The van der Waals surface area contributed by atoms with Gasteiger partial charge in [-0.05, 0) is 12.1 Å². The first-order chi connectivity index (χ1) is 13.4. The van der Waals surface area contributed by atoms with Crippen molar-refractivity contribution < 1.29 is 28.9 Å². The first-order valence-corrected chi connectivity index (χ1v) is 8.45. The van der Waals surface area contributed by atoms with Gasteiger partial charge in [-0.1, -0.05) is 25.1 Å². The van der Waals surface area contributed by atoms with E-state index in [1.54, 1.807) is 37.3 Å². The van der Waals surface area contributed by atoms with E-state index in [4.69, 9.17) is 19.3 Å². The number of rotatable bonds is 5. The van der Waals surface area contributed by atoms with Crippen LogP contribution in [0.4, 0.5) is 4.79 Å². The van der Waals surface area contributed by atoms with Crippen LogP contribution in [0.3, 0.4) is 0 Å². The Morgan fingerprint density at radius 2 is 1.93 bits per heavy atom. The quantitative estimate of drug-likeness (QED) is 0.721. The molecule has 0 spiro atoms. The van der Waals surface area contributed by atoms with Gasteiger partial charge in [-0.15, -0.1) is 0 Å². The van der Waals surface area contributed by atoms with Crippen molar-refractivity contribution in [3.05, 3.63) is 69.0 Å². The predicted molar refractivity (Wildman–Crippen MR) is 94.0 cm³/mol. The molecule has 28 heavy (non-hydrogen) atoms. The summed E-state index contributed by atoms with van der Waals surface area (Å²) in [4.78, 5) is 48.6. The lowest BCUT2D eigenvalue weighted by atomic mass is 10.0. The number of hydrogen-bond donors (Lipinski definition) is 2. The molecule has 4 atom stereocenters. The van der Waals surface area contributed by atoms with Crippen molar-refractivity contribution in [3.8, 4) is 0 Å². The molecular weight excluding hydrogens is 372 g/mol. The number of carbonyl (C=O) groups excluding carboxylic acids is 1. The molecule has 1 aromatic heterocycles. The van der Waals surface area contributed by atoms with Crippen LogP contribution < -0.4 is 11.2 Å². The molecule has 3 rings (SSSR count). The van der Waals surface area contributed by atoms with Gasteiger partial charge >= 0.3 is 17.8 Å². The molecule has 10 nitrogen and oxygen atoms in total. The average molecular weight is 390 g/mol. The molecule has 0 aliphatic carbocycles. The number of ether oxygens (including phenoxy) is 3. The largest absolute Gasteiger partial charge is 0.506 e. The summed E-state index contributed by atoms with van der Waals surface area (Å²) in [6.07, 6.45) is -3.22. The number of aromatic amines is 1. The van der Waals surface area contributed by atoms with Crippen LogP contribution in [0.15, 0.2) is 52.2 Å². The Labute approximate surface area is 158 Å². The minimum Gasteiger partial charge on any atom is -0.459 e. The number of carboxylic acid groups (broad SMARTS) is 1. The lowest BCUT2D eigenvalue weighted by molar-refractivity contribution is -0.0650. The topological polar surface area (TPSA) is 137 Å². The van der Waals surface area contributed by atoms with Crippen molar-refractivity contribution in [1.82, 2.24) is 9.55 Å². The van der Waals surface area contributed by atoms with Gasteiger partial charge in [-0.25, -0.2) is 14.4 Å². The number of esters is 1. The van der Waals surface area contributed by atoms with Crippen molar-refractivity contribution in [2.24, 2.45) is 5.92 Å². The zero-order valence-corrected chi connectivity index (χ0v) is 14.8. The third-order valence-corrected chi connectivity index (χ3v) is 4.45. The van der Waals surface area contributed by atoms with E-state index >= 15 is 0 Å². The summed E-state index contributed by atoms with van der Waals surface area (Å²) in [6, 6.07) is 9.46. The van der Waals surface area contributed by atoms with Crippen LogP contribution in [0.25, 0.3) is 0 Å². The van der Waals surface area contributed by atoms with Crippen LogP contribution in [0.2, 0.25) is 0 Å². The van der Waals surface area contributed by atoms with Crippen molar-refractivity contribution in [2.45, 2.75) is 25.4 Å². The maximum atomic E-state index is 12.1. The van der Waals surface area contributed by atoms with Crippen molar-refractivity contribution in [2.75, 3.05) is 6.61 Å². The number of benzene rings is 1. The Morgan fingerprint density at radius 1 is 1.21 bits per heavy atom. The monoisotopic (exact) mass is 390 g/mol. The normalized spacial score (nSPS) is 23.9. The number of carbonyl (C=O) groups is 2. The number of nitrogens with zero attached hydrogens (tertiary/aromatic N) is 1. The molecule has 0 bridgehead atoms. The van der Waals surface area contributed by atoms with Crippen LogP contribution in [0, 0.1) is 5.92 Å². The molecule has 0 amide bonds. The Bertz CT molecular complexity index is 967. The maximum absolute atomic E-state index is 12.1. The Morgan fingerprint density at radius 3 is 2.57 bits per heavy atom. The summed E-state index contributed by atoms with van der Waals surface area (Å²) in [5, 5.41) is 9.01. The molecule has 1 fully saturated rings. The summed E-state index contributed by atoms with van der Waals surface area (Å²) in [5.74, 6) is -1.08. The van der Waals surface area contributed by atoms with Crippen LogP contribution in [-0.4, -0.2) is 45.6 Å². The van der Waals surface area contributed by atoms with Crippen LogP contribution in [0.1, 0.15) is 23.5 Å². The van der Waals surface area contributed by atoms with E-state index in [-0.39, 0.29) is 6.61 Å². The second-order valence-corrected chi connectivity index (χ2v) is 6.25. The third kappa shape index (κ3) is 4.12. The van der Waals surface area contributed by atoms with Gasteiger partial charge in [-0.3, -0.25) is 14.3 Å².